The Morgan fingerprint density at radius 3 is 2.64 bits per heavy atom. The third-order valence-corrected chi connectivity index (χ3v) is 1.91. The second-order valence-corrected chi connectivity index (χ2v) is 3.06. The Morgan fingerprint density at radius 2 is 2.00 bits per heavy atom. The van der Waals surface area contributed by atoms with Crippen LogP contribution in [0.5, 0.6) is 0 Å². The summed E-state index contributed by atoms with van der Waals surface area (Å²) in [5, 5.41) is 6.53. The molecule has 2 nitrogen and oxygen atoms in total. The number of hydrogen-bond donors (Lipinski definition) is 1. The van der Waals surface area contributed by atoms with Crippen LogP contribution < -0.4 is 0 Å². The molecule has 0 saturated heterocycles. The first-order valence-corrected chi connectivity index (χ1v) is 4.14. The number of hydrogen-bond acceptors (Lipinski definition) is 1. The fourth-order valence-corrected chi connectivity index (χ4v) is 1.25. The molecule has 0 aliphatic heterocycles. The van der Waals surface area contributed by atoms with Gasteiger partial charge in [0.1, 0.15) is 11.6 Å². The van der Waals surface area contributed by atoms with Crippen molar-refractivity contribution in [2.45, 2.75) is 6.92 Å². The molecule has 0 aliphatic carbocycles. The van der Waals surface area contributed by atoms with Crippen LogP contribution in [-0.2, 0) is 0 Å². The molecule has 4 heteroatoms. The van der Waals surface area contributed by atoms with Crippen molar-refractivity contribution in [2.24, 2.45) is 0 Å². The molecule has 0 aliphatic rings. The Kier molecular flexibility index (Phi) is 2.04. The number of benzene rings is 1. The monoisotopic (exact) mass is 194 g/mol. The zero-order valence-electron chi connectivity index (χ0n) is 7.51. The lowest BCUT2D eigenvalue weighted by molar-refractivity contribution is 0.602. The zero-order chi connectivity index (χ0) is 10.1. The third-order valence-electron chi connectivity index (χ3n) is 1.91. The van der Waals surface area contributed by atoms with Crippen LogP contribution in [-0.4, -0.2) is 10.2 Å². The fourth-order valence-electron chi connectivity index (χ4n) is 1.25. The Labute approximate surface area is 79.6 Å². The molecule has 0 radical (unpaired) electrons. The van der Waals surface area contributed by atoms with Crippen molar-refractivity contribution in [3.8, 4) is 11.3 Å². The first-order chi connectivity index (χ1) is 6.66. The molecule has 0 fully saturated rings. The van der Waals surface area contributed by atoms with E-state index in [1.807, 2.05) is 0 Å². The summed E-state index contributed by atoms with van der Waals surface area (Å²) in [6.07, 6.45) is 0. The van der Waals surface area contributed by atoms with Gasteiger partial charge in [-0.1, -0.05) is 0 Å². The Bertz CT molecular complexity index is 463. The van der Waals surface area contributed by atoms with Gasteiger partial charge in [0.05, 0.1) is 5.69 Å². The summed E-state index contributed by atoms with van der Waals surface area (Å²) < 4.78 is 26.1. The molecule has 1 N–H and O–H groups in total. The van der Waals surface area contributed by atoms with Crippen LogP contribution in [0.15, 0.2) is 24.3 Å². The minimum Gasteiger partial charge on any atom is -0.282 e. The molecule has 2 rings (SSSR count). The molecule has 2 aromatic rings. The Morgan fingerprint density at radius 1 is 1.21 bits per heavy atom. The van der Waals surface area contributed by atoms with Crippen LogP contribution in [0.25, 0.3) is 11.3 Å². The minimum absolute atomic E-state index is 0.175. The molecule has 0 bridgehead atoms. The van der Waals surface area contributed by atoms with Crippen molar-refractivity contribution in [1.82, 2.24) is 10.2 Å². The maximum absolute atomic E-state index is 13.2. The average Bonchev–Trinajstić information content (AvgIpc) is 2.56. The number of aromatic amines is 1. The first-order valence-electron chi connectivity index (χ1n) is 4.14. The quantitative estimate of drug-likeness (QED) is 0.742. The summed E-state index contributed by atoms with van der Waals surface area (Å²) in [6.45, 7) is 1.80. The number of aromatic nitrogens is 2. The number of halogens is 2. The molecule has 1 aromatic carbocycles. The highest BCUT2D eigenvalue weighted by Gasteiger charge is 2.08. The normalized spacial score (nSPS) is 10.5. The molecule has 1 heterocycles. The second-order valence-electron chi connectivity index (χ2n) is 3.06. The van der Waals surface area contributed by atoms with E-state index in [-0.39, 0.29) is 5.56 Å². The number of nitrogens with one attached hydrogen (secondary N) is 1. The molecule has 0 amide bonds. The lowest BCUT2D eigenvalue weighted by Crippen LogP contribution is -1.86. The van der Waals surface area contributed by atoms with Gasteiger partial charge < -0.3 is 0 Å². The van der Waals surface area contributed by atoms with E-state index in [9.17, 15) is 8.78 Å². The number of nitrogens with zero attached hydrogens (tertiary/aromatic N) is 1. The van der Waals surface area contributed by atoms with Crippen LogP contribution in [0.3, 0.4) is 0 Å². The molecular formula is C10H8F2N2. The molecule has 0 atom stereocenters. The third kappa shape index (κ3) is 1.51. The van der Waals surface area contributed by atoms with Crippen molar-refractivity contribution in [1.29, 1.82) is 0 Å². The lowest BCUT2D eigenvalue weighted by Gasteiger charge is -1.98. The molecule has 0 unspecified atom stereocenters. The van der Waals surface area contributed by atoms with E-state index in [0.717, 1.165) is 23.9 Å². The summed E-state index contributed by atoms with van der Waals surface area (Å²) in [7, 11) is 0. The van der Waals surface area contributed by atoms with Gasteiger partial charge in [-0.05, 0) is 31.2 Å². The number of H-pyrrole nitrogens is 1. The fraction of sp³-hybridized carbons (Fsp3) is 0.100. The van der Waals surface area contributed by atoms with Gasteiger partial charge in [-0.3, -0.25) is 5.10 Å². The van der Waals surface area contributed by atoms with Crippen molar-refractivity contribution in [3.63, 3.8) is 0 Å². The maximum Gasteiger partial charge on any atom is 0.132 e. The van der Waals surface area contributed by atoms with Gasteiger partial charge in [0, 0.05) is 11.3 Å². The van der Waals surface area contributed by atoms with E-state index >= 15 is 0 Å². The van der Waals surface area contributed by atoms with Gasteiger partial charge in [-0.25, -0.2) is 8.78 Å². The Hall–Kier alpha value is -1.71. The van der Waals surface area contributed by atoms with E-state index < -0.39 is 11.6 Å². The highest BCUT2D eigenvalue weighted by molar-refractivity contribution is 5.59. The molecule has 72 valence electrons. The van der Waals surface area contributed by atoms with E-state index in [1.54, 1.807) is 13.0 Å². The second kappa shape index (κ2) is 3.21. The number of rotatable bonds is 1. The molecule has 0 spiro atoms. The topological polar surface area (TPSA) is 28.7 Å². The zero-order valence-corrected chi connectivity index (χ0v) is 7.51. The van der Waals surface area contributed by atoms with Gasteiger partial charge in [0.25, 0.3) is 0 Å². The van der Waals surface area contributed by atoms with Crippen molar-refractivity contribution in [2.75, 3.05) is 0 Å². The summed E-state index contributed by atoms with van der Waals surface area (Å²) in [5.74, 6) is -0.944. The van der Waals surface area contributed by atoms with Crippen LogP contribution in [0.1, 0.15) is 5.69 Å². The largest absolute Gasteiger partial charge is 0.282 e. The van der Waals surface area contributed by atoms with Crippen molar-refractivity contribution < 1.29 is 8.78 Å². The lowest BCUT2D eigenvalue weighted by atomic mass is 10.1. The smallest absolute Gasteiger partial charge is 0.132 e. The highest BCUT2D eigenvalue weighted by atomic mass is 19.1. The van der Waals surface area contributed by atoms with Gasteiger partial charge in [0.2, 0.25) is 0 Å². The van der Waals surface area contributed by atoms with E-state index in [0.29, 0.717) is 5.69 Å². The van der Waals surface area contributed by atoms with E-state index in [2.05, 4.69) is 10.2 Å². The molecule has 14 heavy (non-hydrogen) atoms. The predicted molar refractivity (Wildman–Crippen MR) is 48.7 cm³/mol. The van der Waals surface area contributed by atoms with Gasteiger partial charge in [0.15, 0.2) is 0 Å². The molecule has 0 saturated carbocycles. The van der Waals surface area contributed by atoms with Crippen molar-refractivity contribution >= 4 is 0 Å². The average molecular weight is 194 g/mol. The van der Waals surface area contributed by atoms with Gasteiger partial charge in [-0.2, -0.15) is 5.10 Å². The van der Waals surface area contributed by atoms with E-state index in [4.69, 9.17) is 0 Å². The summed E-state index contributed by atoms with van der Waals surface area (Å²) >= 11 is 0. The van der Waals surface area contributed by atoms with Crippen LogP contribution >= 0.6 is 0 Å². The molecule has 1 aromatic heterocycles. The minimum atomic E-state index is -0.474. The van der Waals surface area contributed by atoms with Crippen LogP contribution in [0, 0.1) is 18.6 Å². The Balaban J connectivity index is 2.55. The highest BCUT2D eigenvalue weighted by Crippen LogP contribution is 2.21. The van der Waals surface area contributed by atoms with E-state index in [1.165, 1.54) is 0 Å². The maximum atomic E-state index is 13.2. The predicted octanol–water partition coefficient (Wildman–Crippen LogP) is 2.66. The van der Waals surface area contributed by atoms with Crippen LogP contribution in [0.2, 0.25) is 0 Å². The number of aryl methyl sites for hydroxylation is 1. The summed E-state index contributed by atoms with van der Waals surface area (Å²) in [6, 6.07) is 4.97. The SMILES string of the molecule is Cc1cc(-c2cc(F)ccc2F)n[nH]1. The molecular weight excluding hydrogens is 186 g/mol. The van der Waals surface area contributed by atoms with Gasteiger partial charge >= 0.3 is 0 Å². The standard InChI is InChI=1S/C10H8F2N2/c1-6-4-10(14-13-6)8-5-7(11)2-3-9(8)12/h2-5H,1H3,(H,13,14). The van der Waals surface area contributed by atoms with Crippen LogP contribution in [0.4, 0.5) is 8.78 Å². The first kappa shape index (κ1) is 8.87. The summed E-state index contributed by atoms with van der Waals surface area (Å²) in [4.78, 5) is 0. The summed E-state index contributed by atoms with van der Waals surface area (Å²) in [5.41, 5.74) is 1.40. The van der Waals surface area contributed by atoms with Gasteiger partial charge in [-0.15, -0.1) is 0 Å². The van der Waals surface area contributed by atoms with Crippen molar-refractivity contribution in [3.05, 3.63) is 41.6 Å².